The summed E-state index contributed by atoms with van der Waals surface area (Å²) in [6.45, 7) is 2.25. The molecule has 1 aliphatic rings. The van der Waals surface area contributed by atoms with Crippen molar-refractivity contribution in [2.24, 2.45) is 0 Å². The Morgan fingerprint density at radius 1 is 1.17 bits per heavy atom. The van der Waals surface area contributed by atoms with Gasteiger partial charge in [0, 0.05) is 29.7 Å². The number of benzene rings is 2. The van der Waals surface area contributed by atoms with Crippen LogP contribution in [0.4, 0.5) is 26.4 Å². The highest BCUT2D eigenvalue weighted by Gasteiger charge is 2.23. The molecule has 3 heterocycles. The molecule has 0 saturated carbocycles. The molecule has 2 aromatic carbocycles. The van der Waals surface area contributed by atoms with Crippen molar-refractivity contribution in [3.05, 3.63) is 60.8 Å². The van der Waals surface area contributed by atoms with Gasteiger partial charge in [-0.2, -0.15) is 0 Å². The minimum absolute atomic E-state index is 0.152. The number of anilines is 3. The number of halogens is 1. The lowest BCUT2D eigenvalue weighted by Gasteiger charge is -2.22. The Bertz CT molecular complexity index is 1570. The van der Waals surface area contributed by atoms with Crippen LogP contribution in [0.5, 0.6) is 11.6 Å². The number of aliphatic hydroxyl groups is 1. The summed E-state index contributed by atoms with van der Waals surface area (Å²) in [4.78, 5) is 34.6. The summed E-state index contributed by atoms with van der Waals surface area (Å²) in [6.07, 6.45) is 4.11. The molecule has 0 spiro atoms. The number of nitrogens with zero attached hydrogens (tertiary/aromatic N) is 5. The van der Waals surface area contributed by atoms with E-state index in [9.17, 15) is 24.2 Å². The van der Waals surface area contributed by atoms with Gasteiger partial charge < -0.3 is 30.3 Å². The molecule has 1 atom stereocenters. The number of hydrogen-bond donors (Lipinski definition) is 4. The predicted octanol–water partition coefficient (Wildman–Crippen LogP) is 3.63. The molecule has 1 aliphatic heterocycles. The summed E-state index contributed by atoms with van der Waals surface area (Å²) >= 11 is 0. The molecule has 1 saturated heterocycles. The smallest absolute Gasteiger partial charge is 0.493 e. The molecule has 5 rings (SSSR count). The second-order valence-corrected chi connectivity index (χ2v) is 9.71. The first-order valence-electron chi connectivity index (χ1n) is 13.4. The molecule has 1 fully saturated rings. The summed E-state index contributed by atoms with van der Waals surface area (Å²) in [7, 11) is 0. The lowest BCUT2D eigenvalue weighted by atomic mass is 10.2. The maximum atomic E-state index is 13.4. The third-order valence-electron chi connectivity index (χ3n) is 6.76. The van der Waals surface area contributed by atoms with Gasteiger partial charge in [0.15, 0.2) is 0 Å². The first-order chi connectivity index (χ1) is 20.4. The van der Waals surface area contributed by atoms with E-state index in [0.717, 1.165) is 32.4 Å². The van der Waals surface area contributed by atoms with Crippen LogP contribution in [0.3, 0.4) is 0 Å². The van der Waals surface area contributed by atoms with Gasteiger partial charge in [0.2, 0.25) is 5.91 Å². The van der Waals surface area contributed by atoms with E-state index in [1.54, 1.807) is 18.2 Å². The largest absolute Gasteiger partial charge is 0.512 e. The summed E-state index contributed by atoms with van der Waals surface area (Å²) in [5.41, 5.74) is 1.01. The third kappa shape index (κ3) is 7.27. The number of aliphatic hydroxyl groups excluding tert-OH is 1. The minimum Gasteiger partial charge on any atom is -0.493 e. The average molecular weight is 580 g/mol. The quantitative estimate of drug-likeness (QED) is 0.143. The Kier molecular flexibility index (Phi) is 9.04. The SMILES string of the molecule is O=C(Cn1cc(Nc2ncnc3cc(OCCCN4CCC[C@@H]4CO)ccc23)c(OC(=O)O)n1)Nc1cccc(F)c1. The zero-order valence-electron chi connectivity index (χ0n) is 22.6. The molecular formula is C28H30FN7O6. The topological polar surface area (TPSA) is 164 Å². The molecule has 2 aromatic heterocycles. The van der Waals surface area contributed by atoms with Gasteiger partial charge in [0.25, 0.3) is 5.88 Å². The van der Waals surface area contributed by atoms with E-state index in [1.165, 1.54) is 41.5 Å². The molecule has 4 aromatic rings. The van der Waals surface area contributed by atoms with Gasteiger partial charge in [0.1, 0.15) is 35.9 Å². The number of aromatic nitrogens is 4. The number of fused-ring (bicyclic) bond motifs is 1. The van der Waals surface area contributed by atoms with E-state index in [-0.39, 0.29) is 36.4 Å². The highest BCUT2D eigenvalue weighted by Crippen LogP contribution is 2.30. The zero-order valence-corrected chi connectivity index (χ0v) is 22.6. The highest BCUT2D eigenvalue weighted by atomic mass is 19.1. The number of carboxylic acid groups (broad SMARTS) is 1. The van der Waals surface area contributed by atoms with Crippen molar-refractivity contribution in [1.82, 2.24) is 24.6 Å². The summed E-state index contributed by atoms with van der Waals surface area (Å²) in [5.74, 6) is -0.297. The van der Waals surface area contributed by atoms with E-state index in [0.29, 0.717) is 29.1 Å². The van der Waals surface area contributed by atoms with Crippen LogP contribution in [0.15, 0.2) is 55.0 Å². The van der Waals surface area contributed by atoms with Crippen LogP contribution >= 0.6 is 0 Å². The second kappa shape index (κ2) is 13.2. The molecule has 0 radical (unpaired) electrons. The predicted molar refractivity (Wildman–Crippen MR) is 151 cm³/mol. The fourth-order valence-electron chi connectivity index (χ4n) is 4.85. The van der Waals surface area contributed by atoms with Crippen LogP contribution in [0.1, 0.15) is 19.3 Å². The van der Waals surface area contributed by atoms with Crippen molar-refractivity contribution >= 4 is 40.2 Å². The molecule has 1 amide bonds. The number of carbonyl (C=O) groups excluding carboxylic acids is 1. The monoisotopic (exact) mass is 579 g/mol. The normalized spacial score (nSPS) is 15.0. The van der Waals surface area contributed by atoms with Crippen molar-refractivity contribution in [2.45, 2.75) is 31.8 Å². The number of ether oxygens (including phenoxy) is 2. The van der Waals surface area contributed by atoms with Crippen molar-refractivity contribution in [3.8, 4) is 11.6 Å². The number of amides is 1. The van der Waals surface area contributed by atoms with Gasteiger partial charge in [-0.1, -0.05) is 6.07 Å². The lowest BCUT2D eigenvalue weighted by molar-refractivity contribution is -0.116. The Morgan fingerprint density at radius 2 is 2.05 bits per heavy atom. The summed E-state index contributed by atoms with van der Waals surface area (Å²) < 4.78 is 25.4. The van der Waals surface area contributed by atoms with Gasteiger partial charge >= 0.3 is 6.16 Å². The molecule has 0 unspecified atom stereocenters. The van der Waals surface area contributed by atoms with E-state index >= 15 is 0 Å². The average Bonchev–Trinajstić information content (AvgIpc) is 3.56. The number of nitrogens with one attached hydrogen (secondary N) is 2. The van der Waals surface area contributed by atoms with Crippen LogP contribution in [0.2, 0.25) is 0 Å². The van der Waals surface area contributed by atoms with Crippen molar-refractivity contribution in [1.29, 1.82) is 0 Å². The fourth-order valence-corrected chi connectivity index (χ4v) is 4.85. The van der Waals surface area contributed by atoms with Crippen molar-refractivity contribution < 1.29 is 33.7 Å². The number of carbonyl (C=O) groups is 2. The van der Waals surface area contributed by atoms with Gasteiger partial charge in [-0.15, -0.1) is 5.10 Å². The molecule has 13 nitrogen and oxygen atoms in total. The van der Waals surface area contributed by atoms with Crippen LogP contribution in [-0.4, -0.2) is 79.3 Å². The third-order valence-corrected chi connectivity index (χ3v) is 6.76. The number of rotatable bonds is 12. The van der Waals surface area contributed by atoms with Gasteiger partial charge in [-0.25, -0.2) is 19.2 Å². The van der Waals surface area contributed by atoms with Crippen LogP contribution in [0, 0.1) is 5.82 Å². The zero-order chi connectivity index (χ0) is 29.5. The maximum Gasteiger partial charge on any atom is 0.512 e. The first-order valence-corrected chi connectivity index (χ1v) is 13.4. The number of hydrogen-bond acceptors (Lipinski definition) is 10. The maximum absolute atomic E-state index is 13.4. The summed E-state index contributed by atoms with van der Waals surface area (Å²) in [6, 6.07) is 11.0. The molecule has 4 N–H and O–H groups in total. The first kappa shape index (κ1) is 28.7. The van der Waals surface area contributed by atoms with E-state index in [4.69, 9.17) is 9.47 Å². The van der Waals surface area contributed by atoms with E-state index in [2.05, 4.69) is 30.6 Å². The Labute approximate surface area is 239 Å². The molecular weight excluding hydrogens is 549 g/mol. The Balaban J connectivity index is 1.25. The van der Waals surface area contributed by atoms with E-state index in [1.807, 2.05) is 0 Å². The lowest BCUT2D eigenvalue weighted by Crippen LogP contribution is -2.33. The molecule has 0 bridgehead atoms. The molecule has 14 heteroatoms. The molecule has 42 heavy (non-hydrogen) atoms. The second-order valence-electron chi connectivity index (χ2n) is 9.71. The Hall–Kier alpha value is -4.82. The molecule has 220 valence electrons. The highest BCUT2D eigenvalue weighted by molar-refractivity contribution is 5.92. The van der Waals surface area contributed by atoms with Gasteiger partial charge in [-0.3, -0.25) is 14.4 Å². The van der Waals surface area contributed by atoms with Crippen LogP contribution in [-0.2, 0) is 11.3 Å². The standard InChI is InChI=1S/C28H30FN7O6/c29-18-4-1-5-19(12-18)32-25(38)15-36-14-24(27(34-36)42-28(39)40)33-26-22-8-7-21(13-23(22)30-17-31-26)41-11-3-10-35-9-2-6-20(35)16-37/h1,4-5,7-8,12-14,17,20,37H,2-3,6,9-11,15-16H2,(H,32,38)(H,39,40)(H,30,31,33)/t20-/m1/s1. The number of likely N-dealkylation sites (tertiary alicyclic amines) is 1. The molecule has 0 aliphatic carbocycles. The fraction of sp³-hybridized carbons (Fsp3) is 0.321. The Morgan fingerprint density at radius 3 is 2.86 bits per heavy atom. The van der Waals surface area contributed by atoms with Gasteiger partial charge in [-0.05, 0) is 56.1 Å². The van der Waals surface area contributed by atoms with Crippen molar-refractivity contribution in [3.63, 3.8) is 0 Å². The summed E-state index contributed by atoms with van der Waals surface area (Å²) in [5, 5.41) is 28.9. The van der Waals surface area contributed by atoms with Gasteiger partial charge in [0.05, 0.1) is 24.9 Å². The van der Waals surface area contributed by atoms with Crippen molar-refractivity contribution in [2.75, 3.05) is 36.9 Å². The van der Waals surface area contributed by atoms with Crippen LogP contribution < -0.4 is 20.1 Å². The minimum atomic E-state index is -1.58. The van der Waals surface area contributed by atoms with E-state index < -0.39 is 17.9 Å². The van der Waals surface area contributed by atoms with Crippen LogP contribution in [0.25, 0.3) is 10.9 Å².